The van der Waals surface area contributed by atoms with Crippen molar-refractivity contribution in [3.05, 3.63) is 36.5 Å². The normalized spacial score (nSPS) is 12.1. The lowest BCUT2D eigenvalue weighted by Gasteiger charge is -2.16. The molecule has 22 heavy (non-hydrogen) atoms. The number of carboxylic acid groups (broad SMARTS) is 1. The van der Waals surface area contributed by atoms with E-state index in [2.05, 4.69) is 20.4 Å². The zero-order chi connectivity index (χ0) is 16.1. The number of carboxylic acids is 1. The number of carbonyl (C=O) groups excluding carboxylic acids is 1. The molecule has 0 saturated carbocycles. The van der Waals surface area contributed by atoms with Gasteiger partial charge in [0.25, 0.3) is 5.91 Å². The molecule has 1 amide bonds. The molecule has 2 heterocycles. The maximum Gasteiger partial charge on any atom is 0.326 e. The van der Waals surface area contributed by atoms with E-state index in [0.717, 1.165) is 0 Å². The highest BCUT2D eigenvalue weighted by Gasteiger charge is 2.22. The fourth-order valence-electron chi connectivity index (χ4n) is 1.95. The molecule has 0 fully saturated rings. The van der Waals surface area contributed by atoms with Crippen molar-refractivity contribution in [3.8, 4) is 5.82 Å². The fourth-order valence-corrected chi connectivity index (χ4v) is 1.95. The Morgan fingerprint density at radius 1 is 1.41 bits per heavy atom. The van der Waals surface area contributed by atoms with Gasteiger partial charge in [0.05, 0.1) is 0 Å². The standard InChI is InChI=1S/C14H17N5O3/c1-9(2)5-11(14(21)22)18-13(20)10-3-4-16-12(6-10)19-8-15-7-17-19/h3-4,6-9,11H,5H2,1-2H3,(H,18,20)(H,21,22). The molecule has 1 atom stereocenters. The van der Waals surface area contributed by atoms with Crippen LogP contribution in [0.1, 0.15) is 30.6 Å². The Hall–Kier alpha value is -2.77. The summed E-state index contributed by atoms with van der Waals surface area (Å²) in [5.41, 5.74) is 0.315. The van der Waals surface area contributed by atoms with Gasteiger partial charge in [-0.05, 0) is 24.5 Å². The second-order valence-corrected chi connectivity index (χ2v) is 5.24. The van der Waals surface area contributed by atoms with Crippen LogP contribution in [-0.4, -0.2) is 42.8 Å². The molecular formula is C14H17N5O3. The van der Waals surface area contributed by atoms with Crippen LogP contribution in [-0.2, 0) is 4.79 Å². The molecule has 2 N–H and O–H groups in total. The van der Waals surface area contributed by atoms with Gasteiger partial charge in [0.1, 0.15) is 18.7 Å². The molecule has 0 saturated heterocycles. The van der Waals surface area contributed by atoms with E-state index in [1.54, 1.807) is 0 Å². The van der Waals surface area contributed by atoms with E-state index in [9.17, 15) is 14.7 Å². The van der Waals surface area contributed by atoms with Crippen molar-refractivity contribution in [2.75, 3.05) is 0 Å². The van der Waals surface area contributed by atoms with Crippen LogP contribution in [0.2, 0.25) is 0 Å². The van der Waals surface area contributed by atoms with Crippen LogP contribution in [0.15, 0.2) is 31.0 Å². The van der Waals surface area contributed by atoms with E-state index in [1.807, 2.05) is 13.8 Å². The average Bonchev–Trinajstić information content (AvgIpc) is 3.00. The molecule has 0 bridgehead atoms. The second kappa shape index (κ2) is 6.79. The van der Waals surface area contributed by atoms with Crippen LogP contribution in [0.3, 0.4) is 0 Å². The topological polar surface area (TPSA) is 110 Å². The summed E-state index contributed by atoms with van der Waals surface area (Å²) < 4.78 is 1.42. The van der Waals surface area contributed by atoms with E-state index in [0.29, 0.717) is 17.8 Å². The number of rotatable bonds is 6. The number of carbonyl (C=O) groups is 2. The molecule has 0 spiro atoms. The lowest BCUT2D eigenvalue weighted by Crippen LogP contribution is -2.41. The second-order valence-electron chi connectivity index (χ2n) is 5.24. The van der Waals surface area contributed by atoms with E-state index >= 15 is 0 Å². The molecule has 0 radical (unpaired) electrons. The first-order valence-corrected chi connectivity index (χ1v) is 6.82. The molecule has 0 aromatic carbocycles. The summed E-state index contributed by atoms with van der Waals surface area (Å²) in [5, 5.41) is 15.6. The summed E-state index contributed by atoms with van der Waals surface area (Å²) in [6.45, 7) is 3.80. The third-order valence-corrected chi connectivity index (χ3v) is 2.97. The zero-order valence-corrected chi connectivity index (χ0v) is 12.3. The summed E-state index contributed by atoms with van der Waals surface area (Å²) in [5.74, 6) is -0.921. The van der Waals surface area contributed by atoms with Crippen LogP contribution in [0.4, 0.5) is 0 Å². The van der Waals surface area contributed by atoms with Gasteiger partial charge in [-0.15, -0.1) is 0 Å². The number of nitrogens with zero attached hydrogens (tertiary/aromatic N) is 4. The maximum absolute atomic E-state index is 12.2. The quantitative estimate of drug-likeness (QED) is 0.820. The average molecular weight is 303 g/mol. The van der Waals surface area contributed by atoms with Gasteiger partial charge in [-0.3, -0.25) is 4.79 Å². The number of nitrogens with one attached hydrogen (secondary N) is 1. The largest absolute Gasteiger partial charge is 0.480 e. The lowest BCUT2D eigenvalue weighted by molar-refractivity contribution is -0.139. The van der Waals surface area contributed by atoms with Crippen LogP contribution in [0.5, 0.6) is 0 Å². The summed E-state index contributed by atoms with van der Waals surface area (Å²) in [6, 6.07) is 2.12. The SMILES string of the molecule is CC(C)CC(NC(=O)c1ccnc(-n2cncn2)c1)C(=O)O. The smallest absolute Gasteiger partial charge is 0.326 e. The van der Waals surface area contributed by atoms with Crippen molar-refractivity contribution in [2.45, 2.75) is 26.3 Å². The maximum atomic E-state index is 12.2. The summed E-state index contributed by atoms with van der Waals surface area (Å²) in [4.78, 5) is 31.3. The van der Waals surface area contributed by atoms with Crippen molar-refractivity contribution in [3.63, 3.8) is 0 Å². The minimum atomic E-state index is -1.05. The zero-order valence-electron chi connectivity index (χ0n) is 12.3. The van der Waals surface area contributed by atoms with E-state index in [1.165, 1.54) is 35.7 Å². The molecule has 1 unspecified atom stereocenters. The van der Waals surface area contributed by atoms with Crippen molar-refractivity contribution < 1.29 is 14.7 Å². The number of amides is 1. The van der Waals surface area contributed by atoms with Crippen LogP contribution in [0.25, 0.3) is 5.82 Å². The van der Waals surface area contributed by atoms with Crippen molar-refractivity contribution in [1.82, 2.24) is 25.1 Å². The highest BCUT2D eigenvalue weighted by molar-refractivity contribution is 5.96. The number of hydrogen-bond acceptors (Lipinski definition) is 5. The molecule has 2 aromatic rings. The van der Waals surface area contributed by atoms with Gasteiger partial charge in [0.15, 0.2) is 5.82 Å². The Morgan fingerprint density at radius 3 is 2.77 bits per heavy atom. The predicted octanol–water partition coefficient (Wildman–Crippen LogP) is 0.891. The Labute approximate surface area is 127 Å². The molecule has 0 aliphatic heterocycles. The van der Waals surface area contributed by atoms with Gasteiger partial charge < -0.3 is 10.4 Å². The first-order chi connectivity index (χ1) is 10.5. The van der Waals surface area contributed by atoms with E-state index < -0.39 is 17.9 Å². The Bertz CT molecular complexity index is 654. The van der Waals surface area contributed by atoms with Gasteiger partial charge in [-0.25, -0.2) is 19.4 Å². The minimum absolute atomic E-state index is 0.157. The predicted molar refractivity (Wildman–Crippen MR) is 77.5 cm³/mol. The Balaban J connectivity index is 2.15. The molecule has 2 rings (SSSR count). The van der Waals surface area contributed by atoms with Crippen LogP contribution < -0.4 is 5.32 Å². The minimum Gasteiger partial charge on any atom is -0.480 e. The summed E-state index contributed by atoms with van der Waals surface area (Å²) in [7, 11) is 0. The number of aromatic nitrogens is 4. The van der Waals surface area contributed by atoms with Crippen LogP contribution in [0, 0.1) is 5.92 Å². The highest BCUT2D eigenvalue weighted by atomic mass is 16.4. The lowest BCUT2D eigenvalue weighted by atomic mass is 10.0. The van der Waals surface area contributed by atoms with E-state index in [4.69, 9.17) is 0 Å². The molecule has 8 nitrogen and oxygen atoms in total. The van der Waals surface area contributed by atoms with Gasteiger partial charge in [0.2, 0.25) is 0 Å². The fraction of sp³-hybridized carbons (Fsp3) is 0.357. The van der Waals surface area contributed by atoms with Crippen molar-refractivity contribution in [1.29, 1.82) is 0 Å². The molecule has 0 aliphatic carbocycles. The van der Waals surface area contributed by atoms with Crippen molar-refractivity contribution in [2.24, 2.45) is 5.92 Å². The van der Waals surface area contributed by atoms with Gasteiger partial charge >= 0.3 is 5.97 Å². The van der Waals surface area contributed by atoms with Crippen LogP contribution >= 0.6 is 0 Å². The molecule has 8 heteroatoms. The van der Waals surface area contributed by atoms with E-state index in [-0.39, 0.29) is 5.92 Å². The molecule has 116 valence electrons. The Kier molecular flexibility index (Phi) is 4.82. The Morgan fingerprint density at radius 2 is 2.18 bits per heavy atom. The molecular weight excluding hydrogens is 286 g/mol. The number of pyridine rings is 1. The van der Waals surface area contributed by atoms with Gasteiger partial charge in [-0.2, -0.15) is 5.10 Å². The first-order valence-electron chi connectivity index (χ1n) is 6.82. The monoisotopic (exact) mass is 303 g/mol. The molecule has 0 aliphatic rings. The third-order valence-electron chi connectivity index (χ3n) is 2.97. The van der Waals surface area contributed by atoms with Crippen molar-refractivity contribution >= 4 is 11.9 Å². The summed E-state index contributed by atoms with van der Waals surface area (Å²) in [6.07, 6.45) is 4.65. The number of aliphatic carboxylic acids is 1. The highest BCUT2D eigenvalue weighted by Crippen LogP contribution is 2.09. The summed E-state index contributed by atoms with van der Waals surface area (Å²) >= 11 is 0. The number of hydrogen-bond donors (Lipinski definition) is 2. The first kappa shape index (κ1) is 15.6. The molecule has 2 aromatic heterocycles. The van der Waals surface area contributed by atoms with Gasteiger partial charge in [0, 0.05) is 11.8 Å². The third kappa shape index (κ3) is 3.87. The van der Waals surface area contributed by atoms with Gasteiger partial charge in [-0.1, -0.05) is 13.8 Å².